The molecule has 2 nitrogen and oxygen atoms in total. The highest BCUT2D eigenvalue weighted by atomic mass is 16.1. The molecule has 0 unspecified atom stereocenters. The second-order valence-corrected chi connectivity index (χ2v) is 5.12. The zero-order chi connectivity index (χ0) is 13.0. The molecular formula is C16H21NO. The van der Waals surface area contributed by atoms with Gasteiger partial charge in [-0.25, -0.2) is 0 Å². The molecule has 18 heavy (non-hydrogen) atoms. The van der Waals surface area contributed by atoms with Gasteiger partial charge in [-0.15, -0.1) is 0 Å². The summed E-state index contributed by atoms with van der Waals surface area (Å²) in [6.07, 6.45) is 6.08. The first-order chi connectivity index (χ1) is 8.66. The van der Waals surface area contributed by atoms with Crippen LogP contribution in [0.1, 0.15) is 49.7 Å². The van der Waals surface area contributed by atoms with Gasteiger partial charge in [-0.2, -0.15) is 0 Å². The Balaban J connectivity index is 2.11. The van der Waals surface area contributed by atoms with E-state index in [4.69, 9.17) is 5.73 Å². The van der Waals surface area contributed by atoms with E-state index >= 15 is 0 Å². The molecule has 96 valence electrons. The summed E-state index contributed by atoms with van der Waals surface area (Å²) in [4.78, 5) is 10.8. The van der Waals surface area contributed by atoms with E-state index in [0.717, 1.165) is 12.8 Å². The number of benzene rings is 1. The Morgan fingerprint density at radius 3 is 2.33 bits per heavy atom. The molecule has 1 aromatic carbocycles. The van der Waals surface area contributed by atoms with Crippen LogP contribution >= 0.6 is 0 Å². The van der Waals surface area contributed by atoms with Gasteiger partial charge >= 0.3 is 0 Å². The number of primary amides is 1. The van der Waals surface area contributed by atoms with Gasteiger partial charge in [0, 0.05) is 6.42 Å². The van der Waals surface area contributed by atoms with E-state index in [-0.39, 0.29) is 5.91 Å². The molecule has 0 aromatic heterocycles. The summed E-state index contributed by atoms with van der Waals surface area (Å²) < 4.78 is 0. The van der Waals surface area contributed by atoms with E-state index in [1.807, 2.05) is 0 Å². The fraction of sp³-hybridized carbons (Fsp3) is 0.438. The number of amides is 1. The van der Waals surface area contributed by atoms with E-state index < -0.39 is 0 Å². The minimum Gasteiger partial charge on any atom is -0.370 e. The van der Waals surface area contributed by atoms with Crippen LogP contribution in [0.15, 0.2) is 29.8 Å². The molecular weight excluding hydrogens is 222 g/mol. The summed E-state index contributed by atoms with van der Waals surface area (Å²) >= 11 is 0. The van der Waals surface area contributed by atoms with Crippen molar-refractivity contribution in [2.75, 3.05) is 0 Å². The monoisotopic (exact) mass is 243 g/mol. The molecule has 2 rings (SSSR count). The van der Waals surface area contributed by atoms with Crippen LogP contribution in [-0.2, 0) is 4.79 Å². The molecule has 0 spiro atoms. The Morgan fingerprint density at radius 2 is 1.83 bits per heavy atom. The number of hydrogen-bond acceptors (Lipinski definition) is 1. The number of hydrogen-bond donors (Lipinski definition) is 1. The fourth-order valence-corrected chi connectivity index (χ4v) is 2.37. The molecule has 1 aliphatic carbocycles. The van der Waals surface area contributed by atoms with Gasteiger partial charge in [0.1, 0.15) is 0 Å². The van der Waals surface area contributed by atoms with Gasteiger partial charge in [0.05, 0.1) is 0 Å². The van der Waals surface area contributed by atoms with Gasteiger partial charge in [-0.3, -0.25) is 4.79 Å². The highest BCUT2D eigenvalue weighted by molar-refractivity contribution is 5.74. The lowest BCUT2D eigenvalue weighted by Gasteiger charge is -2.23. The first-order valence-electron chi connectivity index (χ1n) is 6.73. The summed E-state index contributed by atoms with van der Waals surface area (Å²) in [7, 11) is 0. The molecule has 1 saturated carbocycles. The molecule has 2 heteroatoms. The first kappa shape index (κ1) is 12.9. The quantitative estimate of drug-likeness (QED) is 0.843. The topological polar surface area (TPSA) is 43.1 Å². The summed E-state index contributed by atoms with van der Waals surface area (Å²) in [5.74, 6) is -0.197. The van der Waals surface area contributed by atoms with E-state index in [2.05, 4.69) is 31.2 Å². The molecule has 1 aromatic rings. The first-order valence-corrected chi connectivity index (χ1v) is 6.73. The van der Waals surface area contributed by atoms with E-state index in [1.54, 1.807) is 5.57 Å². The third-order valence-electron chi connectivity index (χ3n) is 3.63. The maximum Gasteiger partial charge on any atom is 0.217 e. The summed E-state index contributed by atoms with van der Waals surface area (Å²) in [5, 5.41) is 0. The van der Waals surface area contributed by atoms with Gasteiger partial charge in [-0.1, -0.05) is 35.4 Å². The Morgan fingerprint density at radius 1 is 1.17 bits per heavy atom. The molecule has 0 aliphatic heterocycles. The van der Waals surface area contributed by atoms with Crippen molar-refractivity contribution >= 4 is 11.5 Å². The molecule has 0 heterocycles. The zero-order valence-electron chi connectivity index (χ0n) is 11.0. The number of allylic oxidation sites excluding steroid dienone is 2. The Labute approximate surface area is 109 Å². The number of rotatable bonds is 5. The maximum atomic E-state index is 10.8. The van der Waals surface area contributed by atoms with Crippen molar-refractivity contribution in [1.29, 1.82) is 0 Å². The number of aryl methyl sites for hydroxylation is 1. The van der Waals surface area contributed by atoms with Crippen LogP contribution in [0.5, 0.6) is 0 Å². The fourth-order valence-electron chi connectivity index (χ4n) is 2.37. The van der Waals surface area contributed by atoms with Crippen molar-refractivity contribution in [2.24, 2.45) is 5.73 Å². The van der Waals surface area contributed by atoms with E-state index in [0.29, 0.717) is 6.42 Å². The van der Waals surface area contributed by atoms with Crippen LogP contribution in [0.4, 0.5) is 0 Å². The Hall–Kier alpha value is -1.57. The van der Waals surface area contributed by atoms with Gasteiger partial charge in [0.15, 0.2) is 0 Å². The van der Waals surface area contributed by atoms with Gasteiger partial charge in [0.25, 0.3) is 0 Å². The SMILES string of the molecule is Cc1ccc(C(CCCC(N)=O)=C2CCC2)cc1. The molecule has 0 bridgehead atoms. The van der Waals surface area contributed by atoms with Crippen molar-refractivity contribution in [3.05, 3.63) is 41.0 Å². The third kappa shape index (κ3) is 3.22. The smallest absolute Gasteiger partial charge is 0.217 e. The number of nitrogens with two attached hydrogens (primary N) is 1. The van der Waals surface area contributed by atoms with Crippen LogP contribution in [-0.4, -0.2) is 5.91 Å². The number of carbonyl (C=O) groups is 1. The maximum absolute atomic E-state index is 10.8. The van der Waals surface area contributed by atoms with Crippen molar-refractivity contribution < 1.29 is 4.79 Å². The van der Waals surface area contributed by atoms with Crippen molar-refractivity contribution in [2.45, 2.75) is 45.4 Å². The van der Waals surface area contributed by atoms with E-state index in [1.165, 1.54) is 36.0 Å². The Kier molecular flexibility index (Phi) is 4.19. The number of carbonyl (C=O) groups excluding carboxylic acids is 1. The van der Waals surface area contributed by atoms with Crippen molar-refractivity contribution in [1.82, 2.24) is 0 Å². The average molecular weight is 243 g/mol. The van der Waals surface area contributed by atoms with Gasteiger partial charge < -0.3 is 5.73 Å². The lowest BCUT2D eigenvalue weighted by atomic mass is 9.83. The van der Waals surface area contributed by atoms with E-state index in [9.17, 15) is 4.79 Å². The molecule has 0 saturated heterocycles. The van der Waals surface area contributed by atoms with Crippen LogP contribution < -0.4 is 5.73 Å². The highest BCUT2D eigenvalue weighted by Gasteiger charge is 2.15. The van der Waals surface area contributed by atoms with Crippen LogP contribution in [0, 0.1) is 6.92 Å². The standard InChI is InChI=1S/C16H21NO/c1-12-8-10-14(11-9-12)15(13-4-2-5-13)6-3-7-16(17)18/h8-11H,2-7H2,1H3,(H2,17,18). The van der Waals surface area contributed by atoms with Crippen LogP contribution in [0.3, 0.4) is 0 Å². The molecule has 1 amide bonds. The molecule has 0 atom stereocenters. The molecule has 0 radical (unpaired) electrons. The minimum absolute atomic E-state index is 0.197. The highest BCUT2D eigenvalue weighted by Crippen LogP contribution is 2.36. The Bertz CT molecular complexity index is 450. The van der Waals surface area contributed by atoms with Gasteiger partial charge in [0.2, 0.25) is 5.91 Å². The molecule has 1 fully saturated rings. The second kappa shape index (κ2) is 5.85. The zero-order valence-corrected chi connectivity index (χ0v) is 11.0. The summed E-state index contributed by atoms with van der Waals surface area (Å²) in [6.45, 7) is 2.10. The third-order valence-corrected chi connectivity index (χ3v) is 3.63. The predicted octanol–water partition coefficient (Wildman–Crippen LogP) is 3.59. The lowest BCUT2D eigenvalue weighted by Crippen LogP contribution is -2.10. The molecule has 2 N–H and O–H groups in total. The predicted molar refractivity (Wildman–Crippen MR) is 75.0 cm³/mol. The van der Waals surface area contributed by atoms with Crippen molar-refractivity contribution in [3.63, 3.8) is 0 Å². The largest absolute Gasteiger partial charge is 0.370 e. The van der Waals surface area contributed by atoms with Crippen molar-refractivity contribution in [3.8, 4) is 0 Å². The van der Waals surface area contributed by atoms with Gasteiger partial charge in [-0.05, 0) is 50.2 Å². The summed E-state index contributed by atoms with van der Waals surface area (Å²) in [6, 6.07) is 8.70. The minimum atomic E-state index is -0.197. The normalized spacial score (nSPS) is 14.2. The summed E-state index contributed by atoms with van der Waals surface area (Å²) in [5.41, 5.74) is 10.8. The van der Waals surface area contributed by atoms with Crippen LogP contribution in [0.25, 0.3) is 5.57 Å². The van der Waals surface area contributed by atoms with Crippen LogP contribution in [0.2, 0.25) is 0 Å². The second-order valence-electron chi connectivity index (χ2n) is 5.12. The average Bonchev–Trinajstić information content (AvgIpc) is 2.26. The molecule has 1 aliphatic rings. The lowest BCUT2D eigenvalue weighted by molar-refractivity contribution is -0.118.